The molecule has 0 bridgehead atoms. The molecule has 0 fully saturated rings. The molecule has 4 aromatic rings. The molecule has 29 heavy (non-hydrogen) atoms. The van der Waals surface area contributed by atoms with E-state index in [9.17, 15) is 0 Å². The van der Waals surface area contributed by atoms with E-state index in [-0.39, 0.29) is 0 Å². The van der Waals surface area contributed by atoms with Crippen molar-refractivity contribution in [2.75, 3.05) is 13.2 Å². The van der Waals surface area contributed by atoms with Gasteiger partial charge >= 0.3 is 0 Å². The lowest BCUT2D eigenvalue weighted by Crippen LogP contribution is -1.97. The van der Waals surface area contributed by atoms with Crippen molar-refractivity contribution in [3.05, 3.63) is 59.5 Å². The summed E-state index contributed by atoms with van der Waals surface area (Å²) in [4.78, 5) is 2.95. The van der Waals surface area contributed by atoms with Crippen LogP contribution in [0, 0.1) is 0 Å². The van der Waals surface area contributed by atoms with Crippen LogP contribution >= 0.6 is 11.3 Å². The molecule has 0 N–H and O–H groups in total. The maximum atomic E-state index is 5.74. The van der Waals surface area contributed by atoms with Crippen molar-refractivity contribution >= 4 is 22.1 Å². The van der Waals surface area contributed by atoms with Gasteiger partial charge in [0, 0.05) is 34.1 Å². The van der Waals surface area contributed by atoms with Crippen molar-refractivity contribution in [1.82, 2.24) is 0 Å². The van der Waals surface area contributed by atoms with Gasteiger partial charge in [0.05, 0.1) is 0 Å². The smallest absolute Gasteiger partial charge is 0.0469 e. The Bertz CT molecular complexity index is 1160. The molecule has 0 saturated carbocycles. The summed E-state index contributed by atoms with van der Waals surface area (Å²) in [6, 6.07) is 20.6. The van der Waals surface area contributed by atoms with E-state index in [0.29, 0.717) is 0 Å². The summed E-state index contributed by atoms with van der Waals surface area (Å²) in [5, 5.41) is 2.92. The Morgan fingerprint density at radius 2 is 1.31 bits per heavy atom. The first-order valence-corrected chi connectivity index (χ1v) is 11.6. The standard InChI is InChI=1S/C27H24OS/c1-2-3-14-28-15-6-7-17-16-24-22-11-10-20-18-8-4-5-9-19(18)21-12-13-23(27(24)29-17)26(22)25(20)21/h4-5,8-13,16H,2-3,6-7,14-15H2,1H3. The molecule has 0 aliphatic heterocycles. The van der Waals surface area contributed by atoms with E-state index in [1.807, 2.05) is 11.3 Å². The first-order chi connectivity index (χ1) is 14.4. The average molecular weight is 397 g/mol. The number of thiophene rings is 1. The summed E-state index contributed by atoms with van der Waals surface area (Å²) in [5.41, 5.74) is 9.84. The molecule has 1 nitrogen and oxygen atoms in total. The lowest BCUT2D eigenvalue weighted by Gasteiger charge is -2.06. The SMILES string of the molecule is CCCCOCCCc1cc2c(s1)-c1ccc3c4c(ccc-2c14)-c1ccccc1-3. The first kappa shape index (κ1) is 17.4. The van der Waals surface area contributed by atoms with Gasteiger partial charge in [-0.1, -0.05) is 61.9 Å². The predicted octanol–water partition coefficient (Wildman–Crippen LogP) is 7.95. The van der Waals surface area contributed by atoms with Gasteiger partial charge in [-0.05, 0) is 63.9 Å². The number of unbranched alkanes of at least 4 members (excludes halogenated alkanes) is 1. The van der Waals surface area contributed by atoms with Crippen LogP contribution in [0.15, 0.2) is 54.6 Å². The van der Waals surface area contributed by atoms with Crippen LogP contribution in [-0.2, 0) is 11.2 Å². The summed E-state index contributed by atoms with van der Waals surface area (Å²) in [6.45, 7) is 3.99. The largest absolute Gasteiger partial charge is 0.381 e. The van der Waals surface area contributed by atoms with Crippen LogP contribution in [0.2, 0.25) is 0 Å². The van der Waals surface area contributed by atoms with Gasteiger partial charge in [0.15, 0.2) is 0 Å². The van der Waals surface area contributed by atoms with Crippen molar-refractivity contribution in [3.8, 4) is 43.8 Å². The van der Waals surface area contributed by atoms with E-state index in [1.165, 1.54) is 72.3 Å². The van der Waals surface area contributed by atoms with E-state index in [2.05, 4.69) is 61.5 Å². The van der Waals surface area contributed by atoms with Crippen LogP contribution in [0.4, 0.5) is 0 Å². The number of hydrogen-bond acceptors (Lipinski definition) is 2. The maximum absolute atomic E-state index is 5.74. The minimum absolute atomic E-state index is 0.875. The Kier molecular flexibility index (Phi) is 4.11. The number of rotatable bonds is 7. The summed E-state index contributed by atoms with van der Waals surface area (Å²) >= 11 is 1.98. The van der Waals surface area contributed by atoms with Crippen molar-refractivity contribution in [3.63, 3.8) is 0 Å². The molecule has 0 amide bonds. The zero-order valence-corrected chi connectivity index (χ0v) is 17.6. The Morgan fingerprint density at radius 1 is 0.690 bits per heavy atom. The zero-order valence-electron chi connectivity index (χ0n) is 16.8. The van der Waals surface area contributed by atoms with Crippen LogP contribution in [0.5, 0.6) is 0 Å². The summed E-state index contributed by atoms with van der Waals surface area (Å²) in [6.07, 6.45) is 4.60. The van der Waals surface area contributed by atoms with Crippen molar-refractivity contribution in [1.29, 1.82) is 0 Å². The number of fused-ring (bicyclic) bond motifs is 6. The van der Waals surface area contributed by atoms with Crippen molar-refractivity contribution in [2.24, 2.45) is 0 Å². The van der Waals surface area contributed by atoms with Crippen LogP contribution in [0.3, 0.4) is 0 Å². The number of ether oxygens (including phenoxy) is 1. The van der Waals surface area contributed by atoms with E-state index in [4.69, 9.17) is 4.74 Å². The highest BCUT2D eigenvalue weighted by molar-refractivity contribution is 7.16. The predicted molar refractivity (Wildman–Crippen MR) is 125 cm³/mol. The van der Waals surface area contributed by atoms with Crippen LogP contribution in [0.25, 0.3) is 54.6 Å². The Morgan fingerprint density at radius 3 is 2.03 bits per heavy atom. The van der Waals surface area contributed by atoms with Gasteiger partial charge in [-0.25, -0.2) is 0 Å². The van der Waals surface area contributed by atoms with Crippen LogP contribution in [0.1, 0.15) is 31.1 Å². The Labute approximate surface area is 176 Å². The lowest BCUT2D eigenvalue weighted by molar-refractivity contribution is 0.129. The quantitative estimate of drug-likeness (QED) is 0.249. The minimum Gasteiger partial charge on any atom is -0.381 e. The molecule has 6 rings (SSSR count). The van der Waals surface area contributed by atoms with Gasteiger partial charge in [-0.3, -0.25) is 0 Å². The van der Waals surface area contributed by atoms with E-state index in [0.717, 1.165) is 26.1 Å². The van der Waals surface area contributed by atoms with Gasteiger partial charge in [0.25, 0.3) is 0 Å². The van der Waals surface area contributed by atoms with E-state index < -0.39 is 0 Å². The van der Waals surface area contributed by atoms with Crippen molar-refractivity contribution in [2.45, 2.75) is 32.6 Å². The molecule has 2 aliphatic rings. The van der Waals surface area contributed by atoms with E-state index in [1.54, 1.807) is 0 Å². The number of hydrogen-bond donors (Lipinski definition) is 0. The third kappa shape index (κ3) is 2.56. The third-order valence-electron chi connectivity index (χ3n) is 6.34. The molecule has 0 atom stereocenters. The molecular weight excluding hydrogens is 372 g/mol. The monoisotopic (exact) mass is 396 g/mol. The summed E-state index contributed by atoms with van der Waals surface area (Å²) in [7, 11) is 0. The minimum atomic E-state index is 0.875. The molecule has 2 aliphatic carbocycles. The topological polar surface area (TPSA) is 9.23 Å². The van der Waals surface area contributed by atoms with Gasteiger partial charge in [0.2, 0.25) is 0 Å². The first-order valence-electron chi connectivity index (χ1n) is 10.8. The molecule has 0 radical (unpaired) electrons. The highest BCUT2D eigenvalue weighted by Crippen LogP contribution is 2.57. The van der Waals surface area contributed by atoms with Crippen molar-refractivity contribution < 1.29 is 4.74 Å². The average Bonchev–Trinajstić information content (AvgIpc) is 3.39. The van der Waals surface area contributed by atoms with E-state index >= 15 is 0 Å². The van der Waals surface area contributed by atoms with Gasteiger partial charge in [-0.2, -0.15) is 0 Å². The van der Waals surface area contributed by atoms with Gasteiger partial charge in [-0.15, -0.1) is 11.3 Å². The van der Waals surface area contributed by atoms with Crippen LogP contribution < -0.4 is 0 Å². The maximum Gasteiger partial charge on any atom is 0.0469 e. The fourth-order valence-corrected chi connectivity index (χ4v) is 6.22. The fourth-order valence-electron chi connectivity index (χ4n) is 4.97. The highest BCUT2D eigenvalue weighted by Gasteiger charge is 2.30. The normalized spacial score (nSPS) is 12.6. The number of benzene rings is 3. The molecule has 0 saturated heterocycles. The molecule has 2 heteroatoms. The second kappa shape index (κ2) is 6.83. The molecule has 144 valence electrons. The Hall–Kier alpha value is -2.42. The second-order valence-corrected chi connectivity index (χ2v) is 9.28. The number of aryl methyl sites for hydroxylation is 1. The molecular formula is C27H24OS. The molecule has 1 aromatic heterocycles. The molecule has 1 heterocycles. The van der Waals surface area contributed by atoms with Crippen LogP contribution in [-0.4, -0.2) is 13.2 Å². The molecule has 0 spiro atoms. The van der Waals surface area contributed by atoms with Gasteiger partial charge < -0.3 is 4.74 Å². The Balaban J connectivity index is 1.34. The van der Waals surface area contributed by atoms with Gasteiger partial charge in [0.1, 0.15) is 0 Å². The molecule has 0 unspecified atom stereocenters. The highest BCUT2D eigenvalue weighted by atomic mass is 32.1. The summed E-state index contributed by atoms with van der Waals surface area (Å²) in [5.74, 6) is 0. The fraction of sp³-hybridized carbons (Fsp3) is 0.259. The lowest BCUT2D eigenvalue weighted by atomic mass is 9.97. The third-order valence-corrected chi connectivity index (χ3v) is 7.57. The second-order valence-electron chi connectivity index (χ2n) is 8.14. The molecule has 3 aromatic carbocycles. The summed E-state index contributed by atoms with van der Waals surface area (Å²) < 4.78 is 5.74. The zero-order chi connectivity index (χ0) is 19.4.